The van der Waals surface area contributed by atoms with Gasteiger partial charge in [-0.1, -0.05) is 12.1 Å². The van der Waals surface area contributed by atoms with E-state index in [2.05, 4.69) is 26.6 Å². The average molecular weight is 486 g/mol. The van der Waals surface area contributed by atoms with Gasteiger partial charge in [-0.15, -0.1) is 24.0 Å². The molecule has 0 heterocycles. The lowest BCUT2D eigenvalue weighted by molar-refractivity contribution is 0.588. The van der Waals surface area contributed by atoms with Crippen LogP contribution in [-0.2, 0) is 16.6 Å². The molecule has 0 fully saturated rings. The maximum atomic E-state index is 11.7. The van der Waals surface area contributed by atoms with E-state index in [0.29, 0.717) is 6.54 Å². The zero-order chi connectivity index (χ0) is 17.1. The van der Waals surface area contributed by atoms with Gasteiger partial charge in [-0.3, -0.25) is 4.99 Å². The Hall–Kier alpha value is -0.520. The number of aliphatic imine (C=N–C) groups is 1. The van der Waals surface area contributed by atoms with Crippen molar-refractivity contribution in [2.24, 2.45) is 4.99 Å². The van der Waals surface area contributed by atoms with E-state index in [9.17, 15) is 8.42 Å². The summed E-state index contributed by atoms with van der Waals surface area (Å²) in [4.78, 5) is 4.44. The molecule has 0 aliphatic carbocycles. The van der Waals surface area contributed by atoms with E-state index < -0.39 is 10.0 Å². The first-order valence-electron chi connectivity index (χ1n) is 7.49. The lowest BCUT2D eigenvalue weighted by Gasteiger charge is -2.12. The van der Waals surface area contributed by atoms with Crippen LogP contribution in [0.3, 0.4) is 0 Å². The largest absolute Gasteiger partial charge is 0.356 e. The summed E-state index contributed by atoms with van der Waals surface area (Å²) in [5, 5.41) is 6.48. The van der Waals surface area contributed by atoms with Gasteiger partial charge in [-0.05, 0) is 49.6 Å². The van der Waals surface area contributed by atoms with Crippen molar-refractivity contribution in [3.05, 3.63) is 29.8 Å². The van der Waals surface area contributed by atoms with E-state index in [1.54, 1.807) is 31.3 Å². The van der Waals surface area contributed by atoms with Crippen molar-refractivity contribution in [3.63, 3.8) is 0 Å². The summed E-state index contributed by atoms with van der Waals surface area (Å²) in [6.07, 6.45) is 4.41. The van der Waals surface area contributed by atoms with Gasteiger partial charge in [0, 0.05) is 20.1 Å². The summed E-state index contributed by atoms with van der Waals surface area (Å²) in [5.74, 6) is 1.93. The molecular formula is C15H27IN4O2S2. The fraction of sp³-hybridized carbons (Fsp3) is 0.533. The van der Waals surface area contributed by atoms with Gasteiger partial charge in [0.1, 0.15) is 0 Å². The van der Waals surface area contributed by atoms with Crippen molar-refractivity contribution in [2.45, 2.75) is 24.3 Å². The van der Waals surface area contributed by atoms with E-state index in [1.165, 1.54) is 19.2 Å². The van der Waals surface area contributed by atoms with Crippen LogP contribution in [-0.4, -0.2) is 47.0 Å². The minimum atomic E-state index is -3.38. The van der Waals surface area contributed by atoms with Gasteiger partial charge >= 0.3 is 0 Å². The number of benzene rings is 1. The van der Waals surface area contributed by atoms with Crippen LogP contribution in [0, 0.1) is 0 Å². The van der Waals surface area contributed by atoms with Crippen LogP contribution in [0.4, 0.5) is 0 Å². The van der Waals surface area contributed by atoms with Crippen LogP contribution in [0.15, 0.2) is 34.2 Å². The number of nitrogens with zero attached hydrogens (tertiary/aromatic N) is 1. The molecule has 0 radical (unpaired) electrons. The first-order valence-corrected chi connectivity index (χ1v) is 10.4. The predicted octanol–water partition coefficient (Wildman–Crippen LogP) is 2.02. The van der Waals surface area contributed by atoms with E-state index in [4.69, 9.17) is 0 Å². The SMILES string of the molecule is CN=C(NCCCCSC)NCc1ccc(S(=O)(=O)NC)cc1.I. The molecule has 9 heteroatoms. The highest BCUT2D eigenvalue weighted by atomic mass is 127. The second-order valence-corrected chi connectivity index (χ2v) is 7.78. The summed E-state index contributed by atoms with van der Waals surface area (Å²) < 4.78 is 25.6. The number of guanidine groups is 1. The van der Waals surface area contributed by atoms with E-state index >= 15 is 0 Å². The monoisotopic (exact) mass is 486 g/mol. The standard InChI is InChI=1S/C15H26N4O2S2.HI/c1-16-15(18-10-4-5-11-22-3)19-12-13-6-8-14(9-7-13)23(20,21)17-2;/h6-9,17H,4-5,10-12H2,1-3H3,(H2,16,18,19);1H. The molecule has 0 aliphatic rings. The summed E-state index contributed by atoms with van der Waals surface area (Å²) >= 11 is 1.86. The maximum Gasteiger partial charge on any atom is 0.240 e. The molecule has 0 bridgehead atoms. The number of unbranched alkanes of at least 4 members (excludes halogenated alkanes) is 1. The number of hydrogen-bond acceptors (Lipinski definition) is 4. The predicted molar refractivity (Wildman–Crippen MR) is 114 cm³/mol. The molecule has 0 unspecified atom stereocenters. The molecule has 0 atom stereocenters. The van der Waals surface area contributed by atoms with Crippen molar-refractivity contribution in [1.82, 2.24) is 15.4 Å². The Morgan fingerprint density at radius 2 is 1.83 bits per heavy atom. The molecule has 138 valence electrons. The van der Waals surface area contributed by atoms with Crippen LogP contribution in [0.1, 0.15) is 18.4 Å². The summed E-state index contributed by atoms with van der Waals surface area (Å²) in [6, 6.07) is 6.79. The molecule has 3 N–H and O–H groups in total. The molecule has 0 aromatic heterocycles. The minimum absolute atomic E-state index is 0. The van der Waals surface area contributed by atoms with Crippen LogP contribution in [0.5, 0.6) is 0 Å². The third-order valence-electron chi connectivity index (χ3n) is 3.25. The molecule has 24 heavy (non-hydrogen) atoms. The third-order valence-corrected chi connectivity index (χ3v) is 5.38. The molecule has 0 amide bonds. The molecule has 0 aliphatic heterocycles. The second-order valence-electron chi connectivity index (χ2n) is 4.90. The second kappa shape index (κ2) is 12.8. The quantitative estimate of drug-likeness (QED) is 0.215. The topological polar surface area (TPSA) is 82.6 Å². The van der Waals surface area contributed by atoms with E-state index in [0.717, 1.165) is 24.5 Å². The fourth-order valence-electron chi connectivity index (χ4n) is 1.89. The van der Waals surface area contributed by atoms with Gasteiger partial charge in [-0.25, -0.2) is 13.1 Å². The van der Waals surface area contributed by atoms with Gasteiger partial charge in [-0.2, -0.15) is 11.8 Å². The summed E-state index contributed by atoms with van der Waals surface area (Å²) in [6.45, 7) is 1.48. The molecule has 1 aromatic carbocycles. The highest BCUT2D eigenvalue weighted by molar-refractivity contribution is 14.0. The van der Waals surface area contributed by atoms with Crippen LogP contribution >= 0.6 is 35.7 Å². The Morgan fingerprint density at radius 3 is 2.38 bits per heavy atom. The van der Waals surface area contributed by atoms with Crippen molar-refractivity contribution in [3.8, 4) is 0 Å². The Labute approximate surface area is 166 Å². The Kier molecular flexibility index (Phi) is 12.5. The Bertz CT molecular complexity index is 592. The van der Waals surface area contributed by atoms with Gasteiger partial charge in [0.25, 0.3) is 0 Å². The molecule has 6 nitrogen and oxygen atoms in total. The Balaban J connectivity index is 0.00000529. The Morgan fingerprint density at radius 1 is 1.17 bits per heavy atom. The molecule has 0 spiro atoms. The lowest BCUT2D eigenvalue weighted by atomic mass is 10.2. The average Bonchev–Trinajstić information content (AvgIpc) is 2.57. The van der Waals surface area contributed by atoms with Crippen LogP contribution in [0.25, 0.3) is 0 Å². The van der Waals surface area contributed by atoms with Crippen LogP contribution < -0.4 is 15.4 Å². The first kappa shape index (κ1) is 23.5. The number of thioether (sulfide) groups is 1. The van der Waals surface area contributed by atoms with Gasteiger partial charge in [0.2, 0.25) is 10.0 Å². The summed E-state index contributed by atoms with van der Waals surface area (Å²) in [5.41, 5.74) is 0.991. The number of halogens is 1. The van der Waals surface area contributed by atoms with Crippen LogP contribution in [0.2, 0.25) is 0 Å². The van der Waals surface area contributed by atoms with Gasteiger partial charge < -0.3 is 10.6 Å². The minimum Gasteiger partial charge on any atom is -0.356 e. The number of nitrogens with one attached hydrogen (secondary N) is 3. The number of sulfonamides is 1. The lowest BCUT2D eigenvalue weighted by Crippen LogP contribution is -2.37. The summed E-state index contributed by atoms with van der Waals surface area (Å²) in [7, 11) is -0.240. The van der Waals surface area contributed by atoms with Gasteiger partial charge in [0.15, 0.2) is 5.96 Å². The van der Waals surface area contributed by atoms with Gasteiger partial charge in [0.05, 0.1) is 4.90 Å². The third kappa shape index (κ3) is 8.54. The highest BCUT2D eigenvalue weighted by Gasteiger charge is 2.10. The van der Waals surface area contributed by atoms with Crippen molar-refractivity contribution >= 4 is 51.7 Å². The van der Waals surface area contributed by atoms with E-state index in [-0.39, 0.29) is 28.9 Å². The van der Waals surface area contributed by atoms with E-state index in [1.807, 2.05) is 11.8 Å². The van der Waals surface area contributed by atoms with Crippen molar-refractivity contribution < 1.29 is 8.42 Å². The smallest absolute Gasteiger partial charge is 0.240 e. The zero-order valence-corrected chi connectivity index (χ0v) is 18.3. The van der Waals surface area contributed by atoms with Crippen molar-refractivity contribution in [1.29, 1.82) is 0 Å². The maximum absolute atomic E-state index is 11.7. The highest BCUT2D eigenvalue weighted by Crippen LogP contribution is 2.09. The molecule has 1 rings (SSSR count). The van der Waals surface area contributed by atoms with Crippen molar-refractivity contribution in [2.75, 3.05) is 32.6 Å². The first-order chi connectivity index (χ1) is 11.0. The number of rotatable bonds is 9. The molecule has 0 saturated heterocycles. The number of hydrogen-bond donors (Lipinski definition) is 3. The zero-order valence-electron chi connectivity index (χ0n) is 14.3. The normalized spacial score (nSPS) is 11.7. The fourth-order valence-corrected chi connectivity index (χ4v) is 3.11. The molecule has 0 saturated carbocycles. The molecular weight excluding hydrogens is 459 g/mol. The molecule has 1 aromatic rings.